The molecule has 2 aromatic rings. The number of carbonyl (C=O) groups excluding carboxylic acids is 1. The molecule has 2 aromatic heterocycles. The van der Waals surface area contributed by atoms with E-state index in [4.69, 9.17) is 11.6 Å². The molecule has 0 atom stereocenters. The monoisotopic (exact) mass is 320 g/mol. The van der Waals surface area contributed by atoms with Crippen molar-refractivity contribution in [2.45, 2.75) is 26.3 Å². The summed E-state index contributed by atoms with van der Waals surface area (Å²) >= 11 is 6.00. The van der Waals surface area contributed by atoms with E-state index in [1.165, 1.54) is 0 Å². The van der Waals surface area contributed by atoms with Gasteiger partial charge in [0.15, 0.2) is 0 Å². The Morgan fingerprint density at radius 3 is 2.91 bits per heavy atom. The van der Waals surface area contributed by atoms with E-state index in [0.717, 1.165) is 50.5 Å². The fourth-order valence-electron chi connectivity index (χ4n) is 2.92. The molecular formula is C16H21ClN4O. The average Bonchev–Trinajstić information content (AvgIpc) is 2.75. The van der Waals surface area contributed by atoms with Gasteiger partial charge in [0.05, 0.1) is 10.7 Å². The summed E-state index contributed by atoms with van der Waals surface area (Å²) in [5, 5.41) is 0.708. The molecule has 0 N–H and O–H groups in total. The number of fused-ring (bicyclic) bond motifs is 1. The lowest BCUT2D eigenvalue weighted by atomic mass is 10.3. The summed E-state index contributed by atoms with van der Waals surface area (Å²) in [6, 6.07) is 3.78. The van der Waals surface area contributed by atoms with Crippen LogP contribution in [0, 0.1) is 0 Å². The highest BCUT2D eigenvalue weighted by Gasteiger charge is 2.18. The van der Waals surface area contributed by atoms with Gasteiger partial charge in [-0.05, 0) is 18.6 Å². The quantitative estimate of drug-likeness (QED) is 0.872. The average molecular weight is 321 g/mol. The lowest BCUT2D eigenvalue weighted by Gasteiger charge is -2.21. The number of imidazole rings is 1. The molecule has 1 fully saturated rings. The van der Waals surface area contributed by atoms with Gasteiger partial charge in [-0.25, -0.2) is 4.98 Å². The van der Waals surface area contributed by atoms with E-state index in [9.17, 15) is 4.79 Å². The first-order valence-corrected chi connectivity index (χ1v) is 8.17. The molecule has 22 heavy (non-hydrogen) atoms. The van der Waals surface area contributed by atoms with Crippen LogP contribution in [0.15, 0.2) is 24.5 Å². The number of pyridine rings is 1. The fourth-order valence-corrected chi connectivity index (χ4v) is 3.09. The third kappa shape index (κ3) is 3.42. The second-order valence-corrected chi connectivity index (χ2v) is 6.15. The second-order valence-electron chi connectivity index (χ2n) is 5.71. The molecule has 1 amide bonds. The van der Waals surface area contributed by atoms with Gasteiger partial charge in [0, 0.05) is 51.5 Å². The van der Waals surface area contributed by atoms with Gasteiger partial charge in [0.25, 0.3) is 0 Å². The molecule has 5 nitrogen and oxygen atoms in total. The molecular weight excluding hydrogens is 300 g/mol. The molecule has 1 aliphatic heterocycles. The van der Waals surface area contributed by atoms with Crippen molar-refractivity contribution in [3.63, 3.8) is 0 Å². The van der Waals surface area contributed by atoms with Crippen molar-refractivity contribution in [3.05, 3.63) is 35.2 Å². The number of hydrogen-bond acceptors (Lipinski definition) is 3. The maximum Gasteiger partial charge on any atom is 0.222 e. The Kier molecular flexibility index (Phi) is 4.64. The fraction of sp³-hybridized carbons (Fsp3) is 0.500. The van der Waals surface area contributed by atoms with Crippen molar-refractivity contribution in [2.24, 2.45) is 0 Å². The van der Waals surface area contributed by atoms with Crippen LogP contribution in [0.4, 0.5) is 0 Å². The van der Waals surface area contributed by atoms with Gasteiger partial charge < -0.3 is 9.30 Å². The van der Waals surface area contributed by atoms with Crippen LogP contribution in [0.2, 0.25) is 5.02 Å². The number of rotatable bonds is 3. The first-order chi connectivity index (χ1) is 10.7. The topological polar surface area (TPSA) is 40.9 Å². The minimum absolute atomic E-state index is 0.254. The van der Waals surface area contributed by atoms with Gasteiger partial charge in [-0.3, -0.25) is 9.69 Å². The van der Waals surface area contributed by atoms with Crippen LogP contribution in [0.25, 0.3) is 5.65 Å². The van der Waals surface area contributed by atoms with Crippen LogP contribution in [-0.4, -0.2) is 51.3 Å². The van der Waals surface area contributed by atoms with Crippen LogP contribution in [-0.2, 0) is 11.3 Å². The van der Waals surface area contributed by atoms with Gasteiger partial charge in [0.1, 0.15) is 5.65 Å². The van der Waals surface area contributed by atoms with Gasteiger partial charge in [-0.1, -0.05) is 18.5 Å². The van der Waals surface area contributed by atoms with Crippen molar-refractivity contribution in [2.75, 3.05) is 26.2 Å². The Morgan fingerprint density at radius 1 is 1.23 bits per heavy atom. The van der Waals surface area contributed by atoms with Crippen molar-refractivity contribution in [1.29, 1.82) is 0 Å². The van der Waals surface area contributed by atoms with Gasteiger partial charge in [-0.2, -0.15) is 0 Å². The molecule has 0 radical (unpaired) electrons. The smallest absolute Gasteiger partial charge is 0.222 e. The van der Waals surface area contributed by atoms with E-state index < -0.39 is 0 Å². The molecule has 0 saturated carbocycles. The normalized spacial score (nSPS) is 16.9. The van der Waals surface area contributed by atoms with Crippen LogP contribution in [0.5, 0.6) is 0 Å². The number of nitrogens with zero attached hydrogens (tertiary/aromatic N) is 4. The Bertz CT molecular complexity index is 669. The number of halogens is 1. The van der Waals surface area contributed by atoms with Crippen LogP contribution < -0.4 is 0 Å². The third-order valence-corrected chi connectivity index (χ3v) is 4.32. The minimum atomic E-state index is 0.254. The van der Waals surface area contributed by atoms with Gasteiger partial charge >= 0.3 is 0 Å². The van der Waals surface area contributed by atoms with Crippen LogP contribution >= 0.6 is 11.6 Å². The summed E-state index contributed by atoms with van der Waals surface area (Å²) in [6.45, 7) is 6.32. The molecule has 0 unspecified atom stereocenters. The molecule has 6 heteroatoms. The predicted octanol–water partition coefficient (Wildman–Crippen LogP) is 2.43. The lowest BCUT2D eigenvalue weighted by molar-refractivity contribution is -0.130. The first kappa shape index (κ1) is 15.3. The van der Waals surface area contributed by atoms with Crippen molar-refractivity contribution in [1.82, 2.24) is 19.2 Å². The zero-order valence-corrected chi connectivity index (χ0v) is 13.6. The third-order valence-electron chi connectivity index (χ3n) is 4.09. The highest BCUT2D eigenvalue weighted by atomic mass is 35.5. The van der Waals surface area contributed by atoms with E-state index in [1.807, 2.05) is 40.8 Å². The SMILES string of the molecule is CCC(=O)N1CCCN(Cc2cn3cc(Cl)ccc3n2)CC1. The van der Waals surface area contributed by atoms with Crippen molar-refractivity contribution >= 4 is 23.2 Å². The number of hydrogen-bond donors (Lipinski definition) is 0. The largest absolute Gasteiger partial charge is 0.341 e. The Balaban J connectivity index is 1.65. The number of amides is 1. The molecule has 118 valence electrons. The lowest BCUT2D eigenvalue weighted by Crippen LogP contribution is -2.34. The number of aromatic nitrogens is 2. The molecule has 3 heterocycles. The molecule has 0 spiro atoms. The Labute approximate surface area is 135 Å². The first-order valence-electron chi connectivity index (χ1n) is 7.79. The van der Waals surface area contributed by atoms with E-state index in [2.05, 4.69) is 9.88 Å². The van der Waals surface area contributed by atoms with Crippen LogP contribution in [0.1, 0.15) is 25.5 Å². The molecule has 0 aromatic carbocycles. The van der Waals surface area contributed by atoms with Gasteiger partial charge in [-0.15, -0.1) is 0 Å². The number of carbonyl (C=O) groups is 1. The maximum atomic E-state index is 11.8. The molecule has 3 rings (SSSR count). The minimum Gasteiger partial charge on any atom is -0.341 e. The zero-order valence-electron chi connectivity index (χ0n) is 12.8. The van der Waals surface area contributed by atoms with Crippen molar-refractivity contribution in [3.8, 4) is 0 Å². The van der Waals surface area contributed by atoms with E-state index in [-0.39, 0.29) is 5.91 Å². The summed E-state index contributed by atoms with van der Waals surface area (Å²) in [5.74, 6) is 0.254. The molecule has 0 bridgehead atoms. The second kappa shape index (κ2) is 6.67. The Hall–Kier alpha value is -1.59. The standard InChI is InChI=1S/C16H21ClN4O/c1-2-16(22)20-7-3-6-19(8-9-20)11-14-12-21-10-13(17)4-5-15(21)18-14/h4-5,10,12H,2-3,6-9,11H2,1H3. The maximum absolute atomic E-state index is 11.8. The Morgan fingerprint density at radius 2 is 2.09 bits per heavy atom. The predicted molar refractivity (Wildman–Crippen MR) is 87.0 cm³/mol. The molecule has 0 aliphatic carbocycles. The van der Waals surface area contributed by atoms with E-state index in [0.29, 0.717) is 11.4 Å². The highest BCUT2D eigenvalue weighted by molar-refractivity contribution is 6.30. The summed E-state index contributed by atoms with van der Waals surface area (Å²) in [6.07, 6.45) is 5.51. The molecule has 1 aliphatic rings. The van der Waals surface area contributed by atoms with Gasteiger partial charge in [0.2, 0.25) is 5.91 Å². The summed E-state index contributed by atoms with van der Waals surface area (Å²) < 4.78 is 1.96. The molecule has 1 saturated heterocycles. The van der Waals surface area contributed by atoms with Crippen LogP contribution in [0.3, 0.4) is 0 Å². The summed E-state index contributed by atoms with van der Waals surface area (Å²) in [7, 11) is 0. The summed E-state index contributed by atoms with van der Waals surface area (Å²) in [4.78, 5) is 20.8. The summed E-state index contributed by atoms with van der Waals surface area (Å²) in [5.41, 5.74) is 1.95. The van der Waals surface area contributed by atoms with E-state index >= 15 is 0 Å². The zero-order chi connectivity index (χ0) is 15.5. The highest BCUT2D eigenvalue weighted by Crippen LogP contribution is 2.14. The van der Waals surface area contributed by atoms with E-state index in [1.54, 1.807) is 0 Å². The van der Waals surface area contributed by atoms with Crippen molar-refractivity contribution < 1.29 is 4.79 Å².